The standard InChI is InChI=1S/C23H31N5O2.CH2O2/c1-26-15-24-25-22(26)14-27-12-17-11-18(13-27)21(28-20(17)7-4-8-23(28)29)10-16-5-3-6-19(9-16)30-2;2-1-3/h3,5-6,9,15,17-18,20-21H,4,7-8,10-14H2,1-2H3;1H,(H,2,3)/t17-,18+,20+,21+;/m1./s1. The fraction of sp³-hybridized carbons (Fsp3) is 0.583. The van der Waals surface area contributed by atoms with Crippen molar-refractivity contribution in [1.29, 1.82) is 0 Å². The van der Waals surface area contributed by atoms with Crippen LogP contribution in [-0.4, -0.2) is 74.3 Å². The van der Waals surface area contributed by atoms with Gasteiger partial charge in [0.2, 0.25) is 5.91 Å². The van der Waals surface area contributed by atoms with E-state index in [4.69, 9.17) is 14.6 Å². The van der Waals surface area contributed by atoms with Crippen molar-refractivity contribution in [2.24, 2.45) is 18.9 Å². The van der Waals surface area contributed by atoms with Crippen LogP contribution in [-0.2, 0) is 29.6 Å². The van der Waals surface area contributed by atoms with E-state index in [0.29, 0.717) is 30.2 Å². The number of carbonyl (C=O) groups excluding carboxylic acids is 1. The van der Waals surface area contributed by atoms with E-state index in [-0.39, 0.29) is 12.5 Å². The number of carbonyl (C=O) groups is 2. The summed E-state index contributed by atoms with van der Waals surface area (Å²) in [6, 6.07) is 8.96. The zero-order valence-electron chi connectivity index (χ0n) is 19.3. The fourth-order valence-electron chi connectivity index (χ4n) is 5.96. The number of hydrogen-bond acceptors (Lipinski definition) is 6. The number of nitrogens with zero attached hydrogens (tertiary/aromatic N) is 5. The molecule has 0 spiro atoms. The van der Waals surface area contributed by atoms with Crippen molar-refractivity contribution in [3.05, 3.63) is 42.0 Å². The van der Waals surface area contributed by atoms with Crippen LogP contribution in [0.5, 0.6) is 5.75 Å². The molecule has 2 bridgehead atoms. The first-order valence-electron chi connectivity index (χ1n) is 11.6. The Balaban J connectivity index is 0.000000821. The van der Waals surface area contributed by atoms with Gasteiger partial charge >= 0.3 is 0 Å². The highest BCUT2D eigenvalue weighted by Crippen LogP contribution is 2.43. The average molecular weight is 456 g/mol. The van der Waals surface area contributed by atoms with Crippen LogP contribution in [0.15, 0.2) is 30.6 Å². The van der Waals surface area contributed by atoms with Gasteiger partial charge in [0.25, 0.3) is 6.47 Å². The molecule has 1 amide bonds. The number of rotatable bonds is 5. The fourth-order valence-corrected chi connectivity index (χ4v) is 5.96. The van der Waals surface area contributed by atoms with E-state index in [2.05, 4.69) is 38.2 Å². The SMILES string of the molecule is COc1cccc(C[C@H]2[C@H]3C[C@H](CN(Cc4nncn4C)C3)[C@@H]3CCCC(=O)N32)c1.O=CO. The minimum Gasteiger partial charge on any atom is -0.497 e. The number of aromatic nitrogens is 3. The number of ether oxygens (including phenoxy) is 1. The van der Waals surface area contributed by atoms with Crippen molar-refractivity contribution in [2.75, 3.05) is 20.2 Å². The first-order valence-corrected chi connectivity index (χ1v) is 11.6. The number of piperidine rings is 3. The Morgan fingerprint density at radius 2 is 2.06 bits per heavy atom. The number of likely N-dealkylation sites (tertiary alicyclic amines) is 1. The molecule has 4 atom stereocenters. The van der Waals surface area contributed by atoms with Gasteiger partial charge in [0, 0.05) is 38.6 Å². The second kappa shape index (κ2) is 10.3. The van der Waals surface area contributed by atoms with E-state index in [1.54, 1.807) is 13.4 Å². The molecule has 2 aromatic rings. The first-order chi connectivity index (χ1) is 16.0. The Morgan fingerprint density at radius 1 is 1.27 bits per heavy atom. The summed E-state index contributed by atoms with van der Waals surface area (Å²) in [5.41, 5.74) is 1.25. The first kappa shape index (κ1) is 23.2. The van der Waals surface area contributed by atoms with Gasteiger partial charge in [0.05, 0.1) is 13.7 Å². The highest BCUT2D eigenvalue weighted by molar-refractivity contribution is 5.78. The zero-order valence-corrected chi connectivity index (χ0v) is 19.3. The third-order valence-electron chi connectivity index (χ3n) is 7.32. The molecular weight excluding hydrogens is 422 g/mol. The van der Waals surface area contributed by atoms with Crippen LogP contribution in [0.3, 0.4) is 0 Å². The Labute approximate surface area is 194 Å². The summed E-state index contributed by atoms with van der Waals surface area (Å²) in [6.45, 7) is 2.63. The number of hydrogen-bond donors (Lipinski definition) is 1. The maximum absolute atomic E-state index is 13.0. The van der Waals surface area contributed by atoms with Crippen LogP contribution in [0, 0.1) is 11.8 Å². The quantitative estimate of drug-likeness (QED) is 0.688. The van der Waals surface area contributed by atoms with E-state index in [9.17, 15) is 4.79 Å². The lowest BCUT2D eigenvalue weighted by atomic mass is 9.70. The highest BCUT2D eigenvalue weighted by Gasteiger charge is 2.49. The van der Waals surface area contributed by atoms with E-state index in [0.717, 1.165) is 50.5 Å². The van der Waals surface area contributed by atoms with Crippen molar-refractivity contribution in [3.63, 3.8) is 0 Å². The van der Waals surface area contributed by atoms with Crippen molar-refractivity contribution in [3.8, 4) is 5.75 Å². The zero-order chi connectivity index (χ0) is 23.4. The van der Waals surface area contributed by atoms with Crippen LogP contribution in [0.25, 0.3) is 0 Å². The predicted molar refractivity (Wildman–Crippen MR) is 122 cm³/mol. The van der Waals surface area contributed by atoms with Crippen molar-refractivity contribution < 1.29 is 19.4 Å². The summed E-state index contributed by atoms with van der Waals surface area (Å²) in [4.78, 5) is 26.2. The van der Waals surface area contributed by atoms with Gasteiger partial charge in [0.1, 0.15) is 17.9 Å². The third kappa shape index (κ3) is 5.03. The Kier molecular flexibility index (Phi) is 7.27. The topological polar surface area (TPSA) is 101 Å². The van der Waals surface area contributed by atoms with E-state index in [1.807, 2.05) is 17.7 Å². The molecule has 3 saturated heterocycles. The lowest BCUT2D eigenvalue weighted by Gasteiger charge is -2.56. The lowest BCUT2D eigenvalue weighted by molar-refractivity contribution is -0.153. The number of amides is 1. The Hall–Kier alpha value is -2.94. The van der Waals surface area contributed by atoms with E-state index >= 15 is 0 Å². The molecule has 9 heteroatoms. The monoisotopic (exact) mass is 455 g/mol. The lowest BCUT2D eigenvalue weighted by Crippen LogP contribution is -2.65. The summed E-state index contributed by atoms with van der Waals surface area (Å²) in [6.07, 6.45) is 6.75. The maximum Gasteiger partial charge on any atom is 0.290 e. The summed E-state index contributed by atoms with van der Waals surface area (Å²) < 4.78 is 7.44. The van der Waals surface area contributed by atoms with Crippen LogP contribution in [0.4, 0.5) is 0 Å². The molecule has 1 N–H and O–H groups in total. The van der Waals surface area contributed by atoms with Crippen molar-refractivity contribution in [1.82, 2.24) is 24.6 Å². The molecule has 0 saturated carbocycles. The molecule has 9 nitrogen and oxygen atoms in total. The summed E-state index contributed by atoms with van der Waals surface area (Å²) in [7, 11) is 3.72. The summed E-state index contributed by atoms with van der Waals surface area (Å²) in [5, 5.41) is 15.2. The van der Waals surface area contributed by atoms with E-state index < -0.39 is 0 Å². The summed E-state index contributed by atoms with van der Waals surface area (Å²) >= 11 is 0. The number of carboxylic acid groups (broad SMARTS) is 1. The number of aryl methyl sites for hydroxylation is 1. The molecule has 3 aliphatic rings. The Bertz CT molecular complexity index is 964. The molecule has 0 radical (unpaired) electrons. The van der Waals surface area contributed by atoms with Gasteiger partial charge in [-0.3, -0.25) is 14.5 Å². The predicted octanol–water partition coefficient (Wildman–Crippen LogP) is 1.97. The summed E-state index contributed by atoms with van der Waals surface area (Å²) in [5.74, 6) is 3.30. The molecule has 1 aromatic heterocycles. The molecule has 0 aliphatic carbocycles. The van der Waals surface area contributed by atoms with Crippen LogP contribution in [0.1, 0.15) is 37.1 Å². The van der Waals surface area contributed by atoms with Gasteiger partial charge in [-0.05, 0) is 55.2 Å². The van der Waals surface area contributed by atoms with Gasteiger partial charge in [-0.1, -0.05) is 12.1 Å². The van der Waals surface area contributed by atoms with Gasteiger partial charge in [-0.15, -0.1) is 10.2 Å². The molecule has 4 heterocycles. The smallest absolute Gasteiger partial charge is 0.290 e. The van der Waals surface area contributed by atoms with Crippen LogP contribution >= 0.6 is 0 Å². The number of benzene rings is 1. The number of methoxy groups -OCH3 is 1. The van der Waals surface area contributed by atoms with Gasteiger partial charge in [-0.25, -0.2) is 0 Å². The van der Waals surface area contributed by atoms with Gasteiger partial charge < -0.3 is 19.3 Å². The minimum absolute atomic E-state index is 0.250. The molecule has 3 fully saturated rings. The number of fused-ring (bicyclic) bond motifs is 4. The average Bonchev–Trinajstić information content (AvgIpc) is 3.21. The van der Waals surface area contributed by atoms with Crippen LogP contribution in [0.2, 0.25) is 0 Å². The highest BCUT2D eigenvalue weighted by atomic mass is 16.5. The molecule has 178 valence electrons. The normalized spacial score (nSPS) is 26.7. The molecule has 3 aliphatic heterocycles. The van der Waals surface area contributed by atoms with E-state index in [1.165, 1.54) is 12.0 Å². The van der Waals surface area contributed by atoms with Gasteiger partial charge in [-0.2, -0.15) is 0 Å². The third-order valence-corrected chi connectivity index (χ3v) is 7.32. The Morgan fingerprint density at radius 3 is 2.79 bits per heavy atom. The maximum atomic E-state index is 13.0. The molecule has 5 rings (SSSR count). The molecular formula is C24H33N5O4. The molecule has 0 unspecified atom stereocenters. The van der Waals surface area contributed by atoms with Crippen molar-refractivity contribution >= 4 is 12.4 Å². The van der Waals surface area contributed by atoms with Crippen LogP contribution < -0.4 is 4.74 Å². The second-order valence-electron chi connectivity index (χ2n) is 9.30. The molecule has 1 aromatic carbocycles. The minimum atomic E-state index is -0.250. The largest absolute Gasteiger partial charge is 0.497 e. The van der Waals surface area contributed by atoms with Crippen molar-refractivity contribution in [2.45, 2.75) is 50.7 Å². The second-order valence-corrected chi connectivity index (χ2v) is 9.30. The molecule has 33 heavy (non-hydrogen) atoms. The van der Waals surface area contributed by atoms with Gasteiger partial charge in [0.15, 0.2) is 0 Å².